The Morgan fingerprint density at radius 3 is 2.44 bits per heavy atom. The molecule has 0 atom stereocenters. The molecular weight excluding hydrogens is 206 g/mol. The highest BCUT2D eigenvalue weighted by Crippen LogP contribution is 2.14. The van der Waals surface area contributed by atoms with Crippen LogP contribution in [0, 0.1) is 0 Å². The number of carboxylic acids is 1. The van der Waals surface area contributed by atoms with E-state index in [1.54, 1.807) is 24.3 Å². The predicted octanol–water partition coefficient (Wildman–Crippen LogP) is 1.82. The minimum Gasteiger partial charge on any atom is -0.478 e. The van der Waals surface area contributed by atoms with E-state index in [-0.39, 0.29) is 5.56 Å². The van der Waals surface area contributed by atoms with Gasteiger partial charge in [-0.3, -0.25) is 4.90 Å². The highest BCUT2D eigenvalue weighted by atomic mass is 16.5. The van der Waals surface area contributed by atoms with Crippen LogP contribution in [-0.2, 0) is 0 Å². The van der Waals surface area contributed by atoms with Crippen LogP contribution in [0.25, 0.3) is 0 Å². The van der Waals surface area contributed by atoms with E-state index in [4.69, 9.17) is 9.84 Å². The smallest absolute Gasteiger partial charge is 0.335 e. The van der Waals surface area contributed by atoms with Gasteiger partial charge in [0.05, 0.1) is 5.56 Å². The van der Waals surface area contributed by atoms with Crippen molar-refractivity contribution < 1.29 is 14.6 Å². The van der Waals surface area contributed by atoms with Gasteiger partial charge in [-0.05, 0) is 37.1 Å². The number of likely N-dealkylation sites (tertiary alicyclic amines) is 1. The Kier molecular flexibility index (Phi) is 3.41. The summed E-state index contributed by atoms with van der Waals surface area (Å²) in [6, 6.07) is 6.50. The lowest BCUT2D eigenvalue weighted by atomic mass is 10.2. The third-order valence-corrected chi connectivity index (χ3v) is 2.71. The van der Waals surface area contributed by atoms with Crippen LogP contribution < -0.4 is 4.74 Å². The zero-order chi connectivity index (χ0) is 11.4. The normalized spacial score (nSPS) is 16.2. The van der Waals surface area contributed by atoms with Crippen LogP contribution in [0.3, 0.4) is 0 Å². The Balaban J connectivity index is 1.87. The van der Waals surface area contributed by atoms with E-state index in [1.165, 1.54) is 12.8 Å². The van der Waals surface area contributed by atoms with Gasteiger partial charge in [0.1, 0.15) is 12.5 Å². The van der Waals surface area contributed by atoms with E-state index < -0.39 is 5.97 Å². The van der Waals surface area contributed by atoms with Crippen LogP contribution in [0.2, 0.25) is 0 Å². The summed E-state index contributed by atoms with van der Waals surface area (Å²) in [6.45, 7) is 2.77. The first-order valence-corrected chi connectivity index (χ1v) is 5.44. The van der Waals surface area contributed by atoms with Crippen molar-refractivity contribution in [3.05, 3.63) is 29.8 Å². The fourth-order valence-corrected chi connectivity index (χ4v) is 1.77. The summed E-state index contributed by atoms with van der Waals surface area (Å²) < 4.78 is 5.56. The zero-order valence-electron chi connectivity index (χ0n) is 9.06. The molecule has 0 radical (unpaired) electrons. The van der Waals surface area contributed by atoms with Crippen molar-refractivity contribution in [1.29, 1.82) is 0 Å². The fraction of sp³-hybridized carbons (Fsp3) is 0.417. The lowest BCUT2D eigenvalue weighted by Crippen LogP contribution is -2.24. The predicted molar refractivity (Wildman–Crippen MR) is 59.7 cm³/mol. The van der Waals surface area contributed by atoms with Crippen LogP contribution >= 0.6 is 0 Å². The van der Waals surface area contributed by atoms with Crippen LogP contribution in [0.5, 0.6) is 5.75 Å². The number of benzene rings is 1. The maximum absolute atomic E-state index is 10.6. The summed E-state index contributed by atoms with van der Waals surface area (Å²) >= 11 is 0. The van der Waals surface area contributed by atoms with Crippen molar-refractivity contribution in [3.63, 3.8) is 0 Å². The summed E-state index contributed by atoms with van der Waals surface area (Å²) in [4.78, 5) is 12.9. The Bertz CT molecular complexity index is 355. The molecular formula is C12H15NO3. The summed E-state index contributed by atoms with van der Waals surface area (Å²) in [5.74, 6) is -0.192. The molecule has 0 aliphatic carbocycles. The molecule has 1 fully saturated rings. The monoisotopic (exact) mass is 221 g/mol. The molecule has 86 valence electrons. The van der Waals surface area contributed by atoms with Gasteiger partial charge < -0.3 is 9.84 Å². The summed E-state index contributed by atoms with van der Waals surface area (Å²) in [6.07, 6.45) is 2.47. The average molecular weight is 221 g/mol. The molecule has 1 aliphatic heterocycles. The average Bonchev–Trinajstić information content (AvgIpc) is 2.80. The topological polar surface area (TPSA) is 49.8 Å². The molecule has 4 heteroatoms. The fourth-order valence-electron chi connectivity index (χ4n) is 1.77. The SMILES string of the molecule is O=C(O)c1ccc(OCN2CCCC2)cc1. The quantitative estimate of drug-likeness (QED) is 0.842. The molecule has 4 nitrogen and oxygen atoms in total. The molecule has 1 N–H and O–H groups in total. The molecule has 0 spiro atoms. The van der Waals surface area contributed by atoms with Gasteiger partial charge in [-0.2, -0.15) is 0 Å². The number of carboxylic acid groups (broad SMARTS) is 1. The molecule has 1 aromatic rings. The number of hydrogen-bond donors (Lipinski definition) is 1. The van der Waals surface area contributed by atoms with E-state index in [9.17, 15) is 4.79 Å². The highest BCUT2D eigenvalue weighted by Gasteiger charge is 2.11. The number of nitrogens with zero attached hydrogens (tertiary/aromatic N) is 1. The number of hydrogen-bond acceptors (Lipinski definition) is 3. The molecule has 1 aromatic carbocycles. The maximum atomic E-state index is 10.6. The van der Waals surface area contributed by atoms with Crippen molar-refractivity contribution in [2.45, 2.75) is 12.8 Å². The van der Waals surface area contributed by atoms with E-state index in [1.807, 2.05) is 0 Å². The molecule has 1 saturated heterocycles. The minimum absolute atomic E-state index is 0.286. The third kappa shape index (κ3) is 2.73. The third-order valence-electron chi connectivity index (χ3n) is 2.71. The highest BCUT2D eigenvalue weighted by molar-refractivity contribution is 5.87. The second-order valence-corrected chi connectivity index (χ2v) is 3.93. The summed E-state index contributed by atoms with van der Waals surface area (Å²) in [5.41, 5.74) is 0.286. The minimum atomic E-state index is -0.911. The Labute approximate surface area is 94.4 Å². The Hall–Kier alpha value is -1.55. The van der Waals surface area contributed by atoms with Gasteiger partial charge in [0.15, 0.2) is 0 Å². The van der Waals surface area contributed by atoms with Crippen molar-refractivity contribution in [2.75, 3.05) is 19.8 Å². The largest absolute Gasteiger partial charge is 0.478 e. The first-order valence-electron chi connectivity index (χ1n) is 5.44. The molecule has 16 heavy (non-hydrogen) atoms. The Morgan fingerprint density at radius 1 is 1.25 bits per heavy atom. The standard InChI is InChI=1S/C12H15NO3/c14-12(15)10-3-5-11(6-4-10)16-9-13-7-1-2-8-13/h3-6H,1-2,7-9H2,(H,14,15). The van der Waals surface area contributed by atoms with Crippen LogP contribution in [0.15, 0.2) is 24.3 Å². The zero-order valence-corrected chi connectivity index (χ0v) is 9.06. The molecule has 0 unspecified atom stereocenters. The molecule has 0 bridgehead atoms. The van der Waals surface area contributed by atoms with E-state index in [2.05, 4.69) is 4.90 Å². The van der Waals surface area contributed by atoms with Crippen molar-refractivity contribution in [1.82, 2.24) is 4.90 Å². The van der Waals surface area contributed by atoms with Crippen LogP contribution in [0.4, 0.5) is 0 Å². The van der Waals surface area contributed by atoms with Gasteiger partial charge >= 0.3 is 5.97 Å². The van der Waals surface area contributed by atoms with Crippen molar-refractivity contribution >= 4 is 5.97 Å². The number of aromatic carboxylic acids is 1. The number of ether oxygens (including phenoxy) is 1. The van der Waals surface area contributed by atoms with Crippen LogP contribution in [-0.4, -0.2) is 35.8 Å². The van der Waals surface area contributed by atoms with Gasteiger partial charge in [-0.15, -0.1) is 0 Å². The van der Waals surface area contributed by atoms with Gasteiger partial charge in [0, 0.05) is 13.1 Å². The van der Waals surface area contributed by atoms with E-state index >= 15 is 0 Å². The number of carbonyl (C=O) groups is 1. The molecule has 1 aliphatic rings. The molecule has 1 heterocycles. The molecule has 0 amide bonds. The summed E-state index contributed by atoms with van der Waals surface area (Å²) in [5, 5.41) is 8.73. The molecule has 0 aromatic heterocycles. The van der Waals surface area contributed by atoms with E-state index in [0.29, 0.717) is 6.73 Å². The number of rotatable bonds is 4. The Morgan fingerprint density at radius 2 is 1.88 bits per heavy atom. The summed E-state index contributed by atoms with van der Waals surface area (Å²) in [7, 11) is 0. The van der Waals surface area contributed by atoms with Gasteiger partial charge in [-0.1, -0.05) is 0 Å². The molecule has 0 saturated carbocycles. The maximum Gasteiger partial charge on any atom is 0.335 e. The van der Waals surface area contributed by atoms with Crippen LogP contribution in [0.1, 0.15) is 23.2 Å². The van der Waals surface area contributed by atoms with E-state index in [0.717, 1.165) is 18.8 Å². The lowest BCUT2D eigenvalue weighted by Gasteiger charge is -2.15. The first-order chi connectivity index (χ1) is 7.75. The second-order valence-electron chi connectivity index (χ2n) is 3.93. The van der Waals surface area contributed by atoms with Gasteiger partial charge in [0.25, 0.3) is 0 Å². The van der Waals surface area contributed by atoms with Crippen molar-refractivity contribution in [3.8, 4) is 5.75 Å². The molecule has 2 rings (SSSR count). The van der Waals surface area contributed by atoms with Gasteiger partial charge in [-0.25, -0.2) is 4.79 Å². The van der Waals surface area contributed by atoms with Gasteiger partial charge in [0.2, 0.25) is 0 Å². The lowest BCUT2D eigenvalue weighted by molar-refractivity contribution is 0.0697. The second kappa shape index (κ2) is 4.99. The first kappa shape index (κ1) is 11.0. The van der Waals surface area contributed by atoms with Crippen molar-refractivity contribution in [2.24, 2.45) is 0 Å².